The van der Waals surface area contributed by atoms with Crippen molar-refractivity contribution in [3.63, 3.8) is 0 Å². The first-order chi connectivity index (χ1) is 9.51. The largest absolute Gasteiger partial charge is 0.496 e. The maximum Gasteiger partial charge on any atom is 0.259 e. The Bertz CT molecular complexity index is 662. The second-order valence-corrected chi connectivity index (χ2v) is 4.84. The molecule has 0 aromatic heterocycles. The zero-order chi connectivity index (χ0) is 14.7. The lowest BCUT2D eigenvalue weighted by atomic mass is 10.2. The van der Waals surface area contributed by atoms with Gasteiger partial charge < -0.3 is 10.1 Å². The van der Waals surface area contributed by atoms with Crippen molar-refractivity contribution < 1.29 is 18.3 Å². The number of hydrogen-bond acceptors (Lipinski definition) is 2. The van der Waals surface area contributed by atoms with Gasteiger partial charge in [0.2, 0.25) is 0 Å². The van der Waals surface area contributed by atoms with E-state index >= 15 is 0 Å². The van der Waals surface area contributed by atoms with Crippen molar-refractivity contribution in [2.24, 2.45) is 0 Å². The topological polar surface area (TPSA) is 38.3 Å². The van der Waals surface area contributed by atoms with Crippen LogP contribution in [-0.2, 0) is 0 Å². The van der Waals surface area contributed by atoms with Gasteiger partial charge in [-0.25, -0.2) is 8.78 Å². The van der Waals surface area contributed by atoms with Crippen LogP contribution in [0.15, 0.2) is 40.9 Å². The number of benzene rings is 2. The maximum absolute atomic E-state index is 13.5. The first-order valence-electron chi connectivity index (χ1n) is 5.61. The Morgan fingerprint density at radius 1 is 1.20 bits per heavy atom. The molecule has 0 aliphatic rings. The number of halogens is 3. The van der Waals surface area contributed by atoms with Crippen LogP contribution in [0.2, 0.25) is 0 Å². The highest BCUT2D eigenvalue weighted by Gasteiger charge is 2.15. The molecule has 3 nitrogen and oxygen atoms in total. The Labute approximate surface area is 122 Å². The Morgan fingerprint density at radius 3 is 2.65 bits per heavy atom. The van der Waals surface area contributed by atoms with Gasteiger partial charge in [0.15, 0.2) is 0 Å². The Morgan fingerprint density at radius 2 is 1.95 bits per heavy atom. The van der Waals surface area contributed by atoms with Crippen LogP contribution in [-0.4, -0.2) is 13.0 Å². The molecule has 104 valence electrons. The predicted molar refractivity (Wildman–Crippen MR) is 75.0 cm³/mol. The lowest BCUT2D eigenvalue weighted by Gasteiger charge is -2.10. The molecule has 0 atom stereocenters. The van der Waals surface area contributed by atoms with Crippen molar-refractivity contribution in [3.8, 4) is 5.75 Å². The molecule has 1 amide bonds. The van der Waals surface area contributed by atoms with Crippen LogP contribution in [0.25, 0.3) is 0 Å². The van der Waals surface area contributed by atoms with Crippen LogP contribution in [0.5, 0.6) is 5.75 Å². The lowest BCUT2D eigenvalue weighted by Crippen LogP contribution is -2.14. The quantitative estimate of drug-likeness (QED) is 0.916. The van der Waals surface area contributed by atoms with Gasteiger partial charge in [0.05, 0.1) is 18.4 Å². The molecule has 6 heteroatoms. The van der Waals surface area contributed by atoms with Crippen LogP contribution in [0, 0.1) is 11.6 Å². The van der Waals surface area contributed by atoms with Crippen LogP contribution in [0.3, 0.4) is 0 Å². The molecule has 2 rings (SSSR count). The Hall–Kier alpha value is -1.95. The summed E-state index contributed by atoms with van der Waals surface area (Å²) >= 11 is 3.25. The molecule has 0 bridgehead atoms. The van der Waals surface area contributed by atoms with Crippen LogP contribution in [0.4, 0.5) is 14.5 Å². The van der Waals surface area contributed by atoms with Gasteiger partial charge in [-0.15, -0.1) is 0 Å². The third-order valence-corrected chi connectivity index (χ3v) is 3.08. The van der Waals surface area contributed by atoms with Crippen LogP contribution < -0.4 is 10.1 Å². The number of carbonyl (C=O) groups is 1. The van der Waals surface area contributed by atoms with Gasteiger partial charge in [-0.3, -0.25) is 4.79 Å². The van der Waals surface area contributed by atoms with Gasteiger partial charge in [-0.05, 0) is 30.3 Å². The second-order valence-electron chi connectivity index (χ2n) is 3.92. The molecule has 1 N–H and O–H groups in total. The second kappa shape index (κ2) is 6.00. The highest BCUT2D eigenvalue weighted by Crippen LogP contribution is 2.25. The number of anilines is 1. The summed E-state index contributed by atoms with van der Waals surface area (Å²) in [5.41, 5.74) is -0.000618. The third-order valence-electron chi connectivity index (χ3n) is 2.58. The summed E-state index contributed by atoms with van der Waals surface area (Å²) in [5.74, 6) is -1.60. The van der Waals surface area contributed by atoms with Crippen molar-refractivity contribution in [2.45, 2.75) is 0 Å². The minimum atomic E-state index is -0.712. The molecule has 20 heavy (non-hydrogen) atoms. The van der Waals surface area contributed by atoms with Gasteiger partial charge in [0, 0.05) is 10.5 Å². The van der Waals surface area contributed by atoms with E-state index in [2.05, 4.69) is 21.2 Å². The summed E-state index contributed by atoms with van der Waals surface area (Å²) in [4.78, 5) is 12.1. The zero-order valence-electron chi connectivity index (χ0n) is 10.4. The van der Waals surface area contributed by atoms with E-state index in [0.29, 0.717) is 5.75 Å². The fourth-order valence-corrected chi connectivity index (χ4v) is 1.98. The molecule has 0 aliphatic carbocycles. The number of methoxy groups -OCH3 is 1. The number of carbonyl (C=O) groups excluding carboxylic acids is 1. The van der Waals surface area contributed by atoms with E-state index < -0.39 is 17.5 Å². The molecule has 0 heterocycles. The molecule has 0 fully saturated rings. The van der Waals surface area contributed by atoms with Crippen molar-refractivity contribution in [3.05, 3.63) is 58.1 Å². The lowest BCUT2D eigenvalue weighted by molar-refractivity contribution is 0.102. The summed E-state index contributed by atoms with van der Waals surface area (Å²) in [6.45, 7) is 0. The van der Waals surface area contributed by atoms with E-state index in [9.17, 15) is 13.6 Å². The Kier molecular flexibility index (Phi) is 4.34. The fraction of sp³-hybridized carbons (Fsp3) is 0.0714. The molecule has 0 radical (unpaired) electrons. The normalized spacial score (nSPS) is 10.2. The van der Waals surface area contributed by atoms with E-state index in [1.54, 1.807) is 12.1 Å². The first kappa shape index (κ1) is 14.5. The van der Waals surface area contributed by atoms with Crippen molar-refractivity contribution in [2.75, 3.05) is 12.4 Å². The van der Waals surface area contributed by atoms with Crippen molar-refractivity contribution in [1.29, 1.82) is 0 Å². The molecule has 2 aromatic carbocycles. The van der Waals surface area contributed by atoms with Crippen molar-refractivity contribution >= 4 is 27.5 Å². The summed E-state index contributed by atoms with van der Waals surface area (Å²) in [7, 11) is 1.42. The van der Waals surface area contributed by atoms with E-state index in [1.807, 2.05) is 0 Å². The van der Waals surface area contributed by atoms with Crippen LogP contribution in [0.1, 0.15) is 10.4 Å². The molecular weight excluding hydrogens is 332 g/mol. The molecular formula is C14H10BrF2NO2. The minimum Gasteiger partial charge on any atom is -0.496 e. The average molecular weight is 342 g/mol. The van der Waals surface area contributed by atoms with Gasteiger partial charge in [-0.1, -0.05) is 15.9 Å². The molecule has 2 aromatic rings. The molecule has 0 spiro atoms. The van der Waals surface area contributed by atoms with Crippen LogP contribution >= 0.6 is 15.9 Å². The van der Waals surface area contributed by atoms with Gasteiger partial charge in [0.25, 0.3) is 5.91 Å². The molecule has 0 unspecified atom stereocenters. The number of amides is 1. The smallest absolute Gasteiger partial charge is 0.259 e. The average Bonchev–Trinajstić information content (AvgIpc) is 2.42. The Balaban J connectivity index is 2.30. The summed E-state index contributed by atoms with van der Waals surface area (Å²) in [5, 5.41) is 2.31. The summed E-state index contributed by atoms with van der Waals surface area (Å²) in [6, 6.07) is 7.62. The molecule has 0 saturated carbocycles. The highest BCUT2D eigenvalue weighted by atomic mass is 79.9. The third kappa shape index (κ3) is 3.14. The predicted octanol–water partition coefficient (Wildman–Crippen LogP) is 3.99. The maximum atomic E-state index is 13.5. The summed E-state index contributed by atoms with van der Waals surface area (Å²) < 4.78 is 32.3. The van der Waals surface area contributed by atoms with E-state index in [1.165, 1.54) is 13.2 Å². The molecule has 0 aliphatic heterocycles. The SMILES string of the molecule is COc1cc(Br)ccc1C(=O)Nc1cc(F)ccc1F. The zero-order valence-corrected chi connectivity index (χ0v) is 12.0. The fourth-order valence-electron chi connectivity index (χ4n) is 1.64. The highest BCUT2D eigenvalue weighted by molar-refractivity contribution is 9.10. The van der Waals surface area contributed by atoms with Crippen molar-refractivity contribution in [1.82, 2.24) is 0 Å². The number of hydrogen-bond donors (Lipinski definition) is 1. The van der Waals surface area contributed by atoms with E-state index in [-0.39, 0.29) is 11.3 Å². The number of rotatable bonds is 3. The number of nitrogens with one attached hydrogen (secondary N) is 1. The monoisotopic (exact) mass is 341 g/mol. The van der Waals surface area contributed by atoms with Gasteiger partial charge in [-0.2, -0.15) is 0 Å². The number of ether oxygens (including phenoxy) is 1. The molecule has 0 saturated heterocycles. The van der Waals surface area contributed by atoms with Gasteiger partial charge in [0.1, 0.15) is 17.4 Å². The van der Waals surface area contributed by atoms with E-state index in [0.717, 1.165) is 22.7 Å². The van der Waals surface area contributed by atoms with Gasteiger partial charge >= 0.3 is 0 Å². The first-order valence-corrected chi connectivity index (χ1v) is 6.40. The standard InChI is InChI=1S/C14H10BrF2NO2/c1-20-13-6-8(15)2-4-10(13)14(19)18-12-7-9(16)3-5-11(12)17/h2-7H,1H3,(H,18,19). The van der Waals surface area contributed by atoms with E-state index in [4.69, 9.17) is 4.74 Å². The minimum absolute atomic E-state index is 0.222. The summed E-state index contributed by atoms with van der Waals surface area (Å²) in [6.07, 6.45) is 0.